The molecule has 0 radical (unpaired) electrons. The first-order chi connectivity index (χ1) is 9.08. The summed E-state index contributed by atoms with van der Waals surface area (Å²) in [7, 11) is 0. The van der Waals surface area contributed by atoms with Gasteiger partial charge in [0.1, 0.15) is 6.04 Å². The van der Waals surface area contributed by atoms with Crippen LogP contribution >= 0.6 is 0 Å². The lowest BCUT2D eigenvalue weighted by Gasteiger charge is -2.48. The summed E-state index contributed by atoms with van der Waals surface area (Å²) in [5.41, 5.74) is 0. The van der Waals surface area contributed by atoms with Crippen LogP contribution in [0.2, 0.25) is 0 Å². The third kappa shape index (κ3) is 2.68. The second kappa shape index (κ2) is 5.77. The molecule has 0 aromatic heterocycles. The number of carboxylic acid groups (broad SMARTS) is 1. The van der Waals surface area contributed by atoms with Crippen LogP contribution in [-0.2, 0) is 4.79 Å². The van der Waals surface area contributed by atoms with E-state index in [4.69, 9.17) is 0 Å². The summed E-state index contributed by atoms with van der Waals surface area (Å²) < 4.78 is 0. The first-order valence-corrected chi connectivity index (χ1v) is 7.10. The highest BCUT2D eigenvalue weighted by atomic mass is 16.4. The normalized spacial score (nSPS) is 26.2. The van der Waals surface area contributed by atoms with Crippen LogP contribution < -0.4 is 0 Å². The zero-order valence-corrected chi connectivity index (χ0v) is 11.7. The van der Waals surface area contributed by atoms with Crippen LogP contribution in [0.4, 0.5) is 4.79 Å². The summed E-state index contributed by atoms with van der Waals surface area (Å²) in [6.45, 7) is 7.41. The molecule has 2 amide bonds. The highest BCUT2D eigenvalue weighted by Crippen LogP contribution is 2.22. The molecule has 6 heteroatoms. The van der Waals surface area contributed by atoms with Crippen molar-refractivity contribution >= 4 is 12.0 Å². The van der Waals surface area contributed by atoms with Gasteiger partial charge < -0.3 is 14.9 Å². The van der Waals surface area contributed by atoms with Crippen LogP contribution in [0.15, 0.2) is 0 Å². The third-order valence-electron chi connectivity index (χ3n) is 4.26. The number of carbonyl (C=O) groups excluding carboxylic acids is 1. The average Bonchev–Trinajstić information content (AvgIpc) is 2.39. The number of carboxylic acids is 1. The van der Waals surface area contributed by atoms with E-state index in [1.165, 1.54) is 0 Å². The van der Waals surface area contributed by atoms with E-state index in [-0.39, 0.29) is 12.1 Å². The van der Waals surface area contributed by atoms with Crippen molar-refractivity contribution in [1.29, 1.82) is 0 Å². The minimum Gasteiger partial charge on any atom is -0.480 e. The van der Waals surface area contributed by atoms with Crippen molar-refractivity contribution in [3.05, 3.63) is 0 Å². The largest absolute Gasteiger partial charge is 0.480 e. The molecule has 0 aliphatic carbocycles. The molecule has 2 heterocycles. The standard InChI is InChI=1S/C13H23N3O3/c1-3-11(12(17)18)15-7-8-16-10(9-15)5-6-14(4-2)13(16)19/h10-11H,3-9H2,1-2H3,(H,17,18). The number of carbonyl (C=O) groups is 2. The molecular weight excluding hydrogens is 246 g/mol. The van der Waals surface area contributed by atoms with Crippen molar-refractivity contribution in [2.45, 2.75) is 38.8 Å². The molecule has 0 spiro atoms. The van der Waals surface area contributed by atoms with Crippen molar-refractivity contribution < 1.29 is 14.7 Å². The van der Waals surface area contributed by atoms with Gasteiger partial charge in [0.25, 0.3) is 0 Å². The molecule has 19 heavy (non-hydrogen) atoms. The van der Waals surface area contributed by atoms with E-state index < -0.39 is 12.0 Å². The highest BCUT2D eigenvalue weighted by molar-refractivity contribution is 5.76. The molecule has 2 aliphatic heterocycles. The molecule has 2 atom stereocenters. The number of hydrogen-bond donors (Lipinski definition) is 1. The quantitative estimate of drug-likeness (QED) is 0.815. The van der Waals surface area contributed by atoms with Gasteiger partial charge in [-0.25, -0.2) is 4.79 Å². The van der Waals surface area contributed by atoms with E-state index >= 15 is 0 Å². The van der Waals surface area contributed by atoms with Crippen LogP contribution in [0.3, 0.4) is 0 Å². The number of hydrogen-bond acceptors (Lipinski definition) is 3. The van der Waals surface area contributed by atoms with Gasteiger partial charge in [-0.1, -0.05) is 6.92 Å². The molecule has 2 fully saturated rings. The molecule has 2 rings (SSSR count). The van der Waals surface area contributed by atoms with Crippen molar-refractivity contribution in [3.8, 4) is 0 Å². The highest BCUT2D eigenvalue weighted by Gasteiger charge is 2.39. The maximum atomic E-state index is 12.2. The Balaban J connectivity index is 2.02. The maximum absolute atomic E-state index is 12.2. The second-order valence-electron chi connectivity index (χ2n) is 5.26. The van der Waals surface area contributed by atoms with Crippen LogP contribution in [0.1, 0.15) is 26.7 Å². The SMILES string of the molecule is CCC(C(=O)O)N1CCN2C(=O)N(CC)CCC2C1. The number of nitrogens with zero attached hydrogens (tertiary/aromatic N) is 3. The van der Waals surface area contributed by atoms with Crippen LogP contribution in [0, 0.1) is 0 Å². The predicted molar refractivity (Wildman–Crippen MR) is 71.0 cm³/mol. The third-order valence-corrected chi connectivity index (χ3v) is 4.26. The fourth-order valence-corrected chi connectivity index (χ4v) is 3.13. The molecule has 0 aromatic rings. The topological polar surface area (TPSA) is 64.1 Å². The molecular formula is C13H23N3O3. The molecule has 0 saturated carbocycles. The molecule has 2 saturated heterocycles. The molecule has 0 bridgehead atoms. The summed E-state index contributed by atoms with van der Waals surface area (Å²) >= 11 is 0. The lowest BCUT2D eigenvalue weighted by Crippen LogP contribution is -2.64. The Morgan fingerprint density at radius 3 is 2.68 bits per heavy atom. The van der Waals surface area contributed by atoms with E-state index in [1.807, 2.05) is 28.5 Å². The monoisotopic (exact) mass is 269 g/mol. The van der Waals surface area contributed by atoms with Gasteiger partial charge in [-0.05, 0) is 19.8 Å². The van der Waals surface area contributed by atoms with Gasteiger partial charge in [0.05, 0.1) is 0 Å². The first-order valence-electron chi connectivity index (χ1n) is 7.10. The first kappa shape index (κ1) is 14.1. The zero-order valence-electron chi connectivity index (χ0n) is 11.7. The number of rotatable bonds is 4. The van der Waals surface area contributed by atoms with Gasteiger partial charge in [-0.2, -0.15) is 0 Å². The molecule has 2 aliphatic rings. The summed E-state index contributed by atoms with van der Waals surface area (Å²) in [4.78, 5) is 29.2. The number of piperazine rings is 1. The lowest BCUT2D eigenvalue weighted by atomic mass is 10.0. The van der Waals surface area contributed by atoms with Gasteiger partial charge in [-0.3, -0.25) is 9.69 Å². The maximum Gasteiger partial charge on any atom is 0.320 e. The van der Waals surface area contributed by atoms with E-state index in [1.54, 1.807) is 0 Å². The Hall–Kier alpha value is -1.30. The van der Waals surface area contributed by atoms with Gasteiger partial charge in [0.2, 0.25) is 0 Å². The molecule has 0 aromatic carbocycles. The number of fused-ring (bicyclic) bond motifs is 1. The summed E-state index contributed by atoms with van der Waals surface area (Å²) in [6.07, 6.45) is 1.54. The Morgan fingerprint density at radius 1 is 1.37 bits per heavy atom. The van der Waals surface area contributed by atoms with Crippen molar-refractivity contribution in [2.24, 2.45) is 0 Å². The Labute approximate surface area is 114 Å². The van der Waals surface area contributed by atoms with E-state index in [2.05, 4.69) is 0 Å². The fraction of sp³-hybridized carbons (Fsp3) is 0.846. The van der Waals surface area contributed by atoms with Gasteiger partial charge in [0, 0.05) is 38.8 Å². The summed E-state index contributed by atoms with van der Waals surface area (Å²) in [6, 6.07) is -0.124. The zero-order chi connectivity index (χ0) is 14.0. The Morgan fingerprint density at radius 2 is 2.11 bits per heavy atom. The Bertz CT molecular complexity index is 361. The Kier molecular flexibility index (Phi) is 4.29. The summed E-state index contributed by atoms with van der Waals surface area (Å²) in [5.74, 6) is -0.756. The van der Waals surface area contributed by atoms with Crippen molar-refractivity contribution in [2.75, 3.05) is 32.7 Å². The molecule has 6 nitrogen and oxygen atoms in total. The minimum atomic E-state index is -0.756. The number of aliphatic carboxylic acids is 1. The fourth-order valence-electron chi connectivity index (χ4n) is 3.13. The van der Waals surface area contributed by atoms with Gasteiger partial charge in [-0.15, -0.1) is 0 Å². The molecule has 108 valence electrons. The predicted octanol–water partition coefficient (Wildman–Crippen LogP) is 0.681. The lowest BCUT2D eigenvalue weighted by molar-refractivity contribution is -0.144. The molecule has 2 unspecified atom stereocenters. The van der Waals surface area contributed by atoms with E-state index in [9.17, 15) is 14.7 Å². The van der Waals surface area contributed by atoms with Gasteiger partial charge in [0.15, 0.2) is 0 Å². The number of urea groups is 1. The van der Waals surface area contributed by atoms with Crippen molar-refractivity contribution in [1.82, 2.24) is 14.7 Å². The van der Waals surface area contributed by atoms with Gasteiger partial charge >= 0.3 is 12.0 Å². The van der Waals surface area contributed by atoms with E-state index in [0.717, 1.165) is 19.5 Å². The average molecular weight is 269 g/mol. The minimum absolute atomic E-state index is 0.113. The van der Waals surface area contributed by atoms with E-state index in [0.29, 0.717) is 26.1 Å². The van der Waals surface area contributed by atoms with Crippen molar-refractivity contribution in [3.63, 3.8) is 0 Å². The van der Waals surface area contributed by atoms with Crippen LogP contribution in [-0.4, -0.2) is 76.6 Å². The summed E-state index contributed by atoms with van der Waals surface area (Å²) in [5, 5.41) is 9.22. The van der Waals surface area contributed by atoms with Crippen LogP contribution in [0.5, 0.6) is 0 Å². The second-order valence-corrected chi connectivity index (χ2v) is 5.26. The number of amides is 2. The molecule has 1 N–H and O–H groups in total. The smallest absolute Gasteiger partial charge is 0.320 e. The van der Waals surface area contributed by atoms with Crippen LogP contribution in [0.25, 0.3) is 0 Å².